The molecule has 0 amide bonds. The van der Waals surface area contributed by atoms with Crippen molar-refractivity contribution in [2.45, 2.75) is 20.8 Å². The SMILES string of the molecule is Cc1ccc(-c2ccc(C)s2)c(C)c1. The van der Waals surface area contributed by atoms with Crippen LogP contribution in [0.25, 0.3) is 10.4 Å². The van der Waals surface area contributed by atoms with Crippen LogP contribution in [0, 0.1) is 20.8 Å². The summed E-state index contributed by atoms with van der Waals surface area (Å²) in [5.41, 5.74) is 4.07. The molecule has 0 bridgehead atoms. The van der Waals surface area contributed by atoms with E-state index < -0.39 is 0 Å². The summed E-state index contributed by atoms with van der Waals surface area (Å²) in [5, 5.41) is 0. The van der Waals surface area contributed by atoms with Crippen LogP contribution in [0.2, 0.25) is 0 Å². The molecule has 14 heavy (non-hydrogen) atoms. The van der Waals surface area contributed by atoms with Crippen molar-refractivity contribution in [3.05, 3.63) is 46.3 Å². The van der Waals surface area contributed by atoms with Crippen molar-refractivity contribution >= 4 is 11.3 Å². The van der Waals surface area contributed by atoms with Gasteiger partial charge < -0.3 is 0 Å². The molecular weight excluding hydrogens is 188 g/mol. The zero-order valence-electron chi connectivity index (χ0n) is 8.79. The maximum absolute atomic E-state index is 2.24. The van der Waals surface area contributed by atoms with Crippen molar-refractivity contribution in [2.75, 3.05) is 0 Å². The smallest absolute Gasteiger partial charge is 0.0348 e. The average molecular weight is 202 g/mol. The van der Waals surface area contributed by atoms with E-state index in [-0.39, 0.29) is 0 Å². The van der Waals surface area contributed by atoms with E-state index in [1.165, 1.54) is 26.4 Å². The van der Waals surface area contributed by atoms with E-state index in [9.17, 15) is 0 Å². The van der Waals surface area contributed by atoms with E-state index in [0.717, 1.165) is 0 Å². The predicted octanol–water partition coefficient (Wildman–Crippen LogP) is 4.34. The molecule has 0 unspecified atom stereocenters. The normalized spacial score (nSPS) is 10.5. The van der Waals surface area contributed by atoms with Crippen LogP contribution < -0.4 is 0 Å². The molecule has 0 atom stereocenters. The number of hydrogen-bond acceptors (Lipinski definition) is 1. The molecule has 0 N–H and O–H groups in total. The lowest BCUT2D eigenvalue weighted by molar-refractivity contribution is 1.39. The summed E-state index contributed by atoms with van der Waals surface area (Å²) in [6.07, 6.45) is 0. The number of thiophene rings is 1. The molecule has 0 aliphatic rings. The lowest BCUT2D eigenvalue weighted by Crippen LogP contribution is -1.81. The number of rotatable bonds is 1. The van der Waals surface area contributed by atoms with Crippen LogP contribution in [-0.2, 0) is 0 Å². The highest BCUT2D eigenvalue weighted by Gasteiger charge is 2.03. The Balaban J connectivity index is 2.52. The highest BCUT2D eigenvalue weighted by molar-refractivity contribution is 7.15. The minimum Gasteiger partial charge on any atom is -0.141 e. The molecule has 0 nitrogen and oxygen atoms in total. The molecule has 0 fully saturated rings. The van der Waals surface area contributed by atoms with E-state index in [2.05, 4.69) is 51.1 Å². The van der Waals surface area contributed by atoms with Gasteiger partial charge in [-0.05, 0) is 44.0 Å². The van der Waals surface area contributed by atoms with Crippen LogP contribution in [0.15, 0.2) is 30.3 Å². The van der Waals surface area contributed by atoms with Crippen LogP contribution in [0.4, 0.5) is 0 Å². The van der Waals surface area contributed by atoms with Gasteiger partial charge in [-0.25, -0.2) is 0 Å². The molecule has 72 valence electrons. The Kier molecular flexibility index (Phi) is 2.42. The van der Waals surface area contributed by atoms with Gasteiger partial charge in [0.2, 0.25) is 0 Å². The van der Waals surface area contributed by atoms with Crippen molar-refractivity contribution in [3.63, 3.8) is 0 Å². The molecule has 1 heteroatoms. The Morgan fingerprint density at radius 2 is 1.71 bits per heavy atom. The Morgan fingerprint density at radius 3 is 2.29 bits per heavy atom. The highest BCUT2D eigenvalue weighted by Crippen LogP contribution is 2.30. The lowest BCUT2D eigenvalue weighted by Gasteiger charge is -2.03. The largest absolute Gasteiger partial charge is 0.141 e. The predicted molar refractivity (Wildman–Crippen MR) is 64.0 cm³/mol. The Bertz CT molecular complexity index is 452. The summed E-state index contributed by atoms with van der Waals surface area (Å²) in [4.78, 5) is 2.75. The summed E-state index contributed by atoms with van der Waals surface area (Å²) in [6, 6.07) is 11.0. The molecule has 2 rings (SSSR count). The lowest BCUT2D eigenvalue weighted by atomic mass is 10.0. The molecule has 0 radical (unpaired) electrons. The first-order valence-corrected chi connectivity index (χ1v) is 5.62. The first kappa shape index (κ1) is 9.47. The second-order valence-electron chi connectivity index (χ2n) is 3.73. The van der Waals surface area contributed by atoms with Crippen molar-refractivity contribution in [1.82, 2.24) is 0 Å². The standard InChI is InChI=1S/C13H14S/c1-9-4-6-12(10(2)8-9)13-7-5-11(3)14-13/h4-8H,1-3H3. The number of hydrogen-bond donors (Lipinski definition) is 0. The van der Waals surface area contributed by atoms with E-state index >= 15 is 0 Å². The quantitative estimate of drug-likeness (QED) is 0.645. The molecule has 0 aliphatic heterocycles. The van der Waals surface area contributed by atoms with Gasteiger partial charge in [0, 0.05) is 9.75 Å². The molecule has 0 aliphatic carbocycles. The molecular formula is C13H14S. The molecule has 0 saturated heterocycles. The second kappa shape index (κ2) is 3.58. The van der Waals surface area contributed by atoms with Gasteiger partial charge in [-0.15, -0.1) is 11.3 Å². The van der Waals surface area contributed by atoms with Gasteiger partial charge in [0.05, 0.1) is 0 Å². The Hall–Kier alpha value is -1.08. The van der Waals surface area contributed by atoms with Gasteiger partial charge in [-0.2, -0.15) is 0 Å². The third kappa shape index (κ3) is 1.73. The highest BCUT2D eigenvalue weighted by atomic mass is 32.1. The minimum absolute atomic E-state index is 1.33. The van der Waals surface area contributed by atoms with Crippen LogP contribution in [0.1, 0.15) is 16.0 Å². The third-order valence-corrected chi connectivity index (χ3v) is 3.42. The van der Waals surface area contributed by atoms with Gasteiger partial charge in [-0.3, -0.25) is 0 Å². The van der Waals surface area contributed by atoms with Gasteiger partial charge >= 0.3 is 0 Å². The van der Waals surface area contributed by atoms with Crippen molar-refractivity contribution in [3.8, 4) is 10.4 Å². The Labute approximate surface area is 89.2 Å². The van der Waals surface area contributed by atoms with Gasteiger partial charge in [0.1, 0.15) is 0 Å². The summed E-state index contributed by atoms with van der Waals surface area (Å²) >= 11 is 1.86. The van der Waals surface area contributed by atoms with Crippen LogP contribution >= 0.6 is 11.3 Å². The van der Waals surface area contributed by atoms with Crippen molar-refractivity contribution in [2.24, 2.45) is 0 Å². The first-order valence-electron chi connectivity index (χ1n) is 4.81. The molecule has 1 aromatic heterocycles. The number of aryl methyl sites for hydroxylation is 3. The van der Waals surface area contributed by atoms with Crippen molar-refractivity contribution < 1.29 is 0 Å². The molecule has 0 spiro atoms. The third-order valence-electron chi connectivity index (χ3n) is 2.39. The summed E-state index contributed by atoms with van der Waals surface area (Å²) < 4.78 is 0. The fourth-order valence-electron chi connectivity index (χ4n) is 1.67. The van der Waals surface area contributed by atoms with Crippen LogP contribution in [0.3, 0.4) is 0 Å². The molecule has 1 heterocycles. The fraction of sp³-hybridized carbons (Fsp3) is 0.231. The average Bonchev–Trinajstić information content (AvgIpc) is 2.51. The summed E-state index contributed by atoms with van der Waals surface area (Å²) in [5.74, 6) is 0. The summed E-state index contributed by atoms with van der Waals surface area (Å²) in [6.45, 7) is 6.46. The molecule has 1 aromatic carbocycles. The monoisotopic (exact) mass is 202 g/mol. The first-order chi connectivity index (χ1) is 6.66. The topological polar surface area (TPSA) is 0 Å². The maximum atomic E-state index is 2.24. The van der Waals surface area contributed by atoms with E-state index in [0.29, 0.717) is 0 Å². The second-order valence-corrected chi connectivity index (χ2v) is 5.02. The van der Waals surface area contributed by atoms with E-state index in [4.69, 9.17) is 0 Å². The number of benzene rings is 1. The van der Waals surface area contributed by atoms with Crippen molar-refractivity contribution in [1.29, 1.82) is 0 Å². The van der Waals surface area contributed by atoms with E-state index in [1.807, 2.05) is 11.3 Å². The van der Waals surface area contributed by atoms with E-state index in [1.54, 1.807) is 0 Å². The van der Waals surface area contributed by atoms with Gasteiger partial charge in [-0.1, -0.05) is 23.8 Å². The zero-order valence-corrected chi connectivity index (χ0v) is 9.61. The summed E-state index contributed by atoms with van der Waals surface area (Å²) in [7, 11) is 0. The molecule has 0 saturated carbocycles. The minimum atomic E-state index is 1.33. The van der Waals surface area contributed by atoms with Gasteiger partial charge in [0.15, 0.2) is 0 Å². The van der Waals surface area contributed by atoms with Crippen LogP contribution in [-0.4, -0.2) is 0 Å². The van der Waals surface area contributed by atoms with Crippen LogP contribution in [0.5, 0.6) is 0 Å². The maximum Gasteiger partial charge on any atom is 0.0348 e. The van der Waals surface area contributed by atoms with Gasteiger partial charge in [0.25, 0.3) is 0 Å². The molecule has 2 aromatic rings. The fourth-order valence-corrected chi connectivity index (χ4v) is 2.63. The Morgan fingerprint density at radius 1 is 0.929 bits per heavy atom. The zero-order chi connectivity index (χ0) is 10.1.